The average Bonchev–Trinajstić information content (AvgIpc) is 3.07. The number of esters is 1. The molecule has 1 fully saturated rings. The summed E-state index contributed by atoms with van der Waals surface area (Å²) in [5.74, 6) is 0.624. The quantitative estimate of drug-likeness (QED) is 0.713. The van der Waals surface area contributed by atoms with Crippen LogP contribution in [-0.2, 0) is 9.53 Å². The van der Waals surface area contributed by atoms with Crippen molar-refractivity contribution in [1.29, 1.82) is 0 Å². The van der Waals surface area contributed by atoms with Gasteiger partial charge >= 0.3 is 5.97 Å². The molecule has 1 heterocycles. The molecule has 18 heavy (non-hydrogen) atoms. The van der Waals surface area contributed by atoms with E-state index in [2.05, 4.69) is 20.5 Å². The first kappa shape index (κ1) is 12.5. The molecule has 98 valence electrons. The second-order valence-corrected chi connectivity index (χ2v) is 4.13. The molecule has 0 aliphatic heterocycles. The van der Waals surface area contributed by atoms with E-state index in [4.69, 9.17) is 4.74 Å². The number of hydrogen-bond acceptors (Lipinski definition) is 5. The van der Waals surface area contributed by atoms with Crippen molar-refractivity contribution in [3.05, 3.63) is 11.6 Å². The second-order valence-electron chi connectivity index (χ2n) is 4.13. The van der Waals surface area contributed by atoms with Crippen LogP contribution in [0.3, 0.4) is 0 Å². The van der Waals surface area contributed by atoms with Crippen molar-refractivity contribution in [3.63, 3.8) is 0 Å². The number of ether oxygens (including phenoxy) is 1. The minimum Gasteiger partial charge on any atom is -0.466 e. The predicted octanol–water partition coefficient (Wildman–Crippen LogP) is 0.365. The normalized spacial score (nSPS) is 14.3. The first-order valence-corrected chi connectivity index (χ1v) is 6.06. The van der Waals surface area contributed by atoms with Gasteiger partial charge in [0.1, 0.15) is 5.82 Å². The minimum absolute atomic E-state index is 0.126. The van der Waals surface area contributed by atoms with E-state index in [1.165, 1.54) is 0 Å². The van der Waals surface area contributed by atoms with Crippen molar-refractivity contribution in [2.24, 2.45) is 0 Å². The monoisotopic (exact) mass is 252 g/mol. The Kier molecular flexibility index (Phi) is 3.91. The van der Waals surface area contributed by atoms with Gasteiger partial charge in [-0.2, -0.15) is 0 Å². The van der Waals surface area contributed by atoms with Crippen LogP contribution in [0.1, 0.15) is 48.5 Å². The van der Waals surface area contributed by atoms with Crippen LogP contribution in [0.4, 0.5) is 0 Å². The molecule has 0 spiro atoms. The number of carbonyl (C=O) groups excluding carboxylic acids is 2. The first-order valence-electron chi connectivity index (χ1n) is 6.06. The SMILES string of the molecule is CCOC(=O)CCNC(=O)c1n[nH]c(C2CC2)n1. The fourth-order valence-electron chi connectivity index (χ4n) is 1.51. The van der Waals surface area contributed by atoms with E-state index in [1.54, 1.807) is 6.92 Å². The first-order chi connectivity index (χ1) is 8.70. The van der Waals surface area contributed by atoms with E-state index in [0.717, 1.165) is 18.7 Å². The number of H-pyrrole nitrogens is 1. The van der Waals surface area contributed by atoms with Gasteiger partial charge in [0.25, 0.3) is 5.91 Å². The van der Waals surface area contributed by atoms with Gasteiger partial charge in [-0.3, -0.25) is 14.7 Å². The summed E-state index contributed by atoms with van der Waals surface area (Å²) in [4.78, 5) is 26.8. The fraction of sp³-hybridized carbons (Fsp3) is 0.636. The number of nitrogens with zero attached hydrogens (tertiary/aromatic N) is 2. The Morgan fingerprint density at radius 3 is 2.94 bits per heavy atom. The number of hydrogen-bond donors (Lipinski definition) is 2. The van der Waals surface area contributed by atoms with Crippen LogP contribution >= 0.6 is 0 Å². The Labute approximate surface area is 104 Å². The van der Waals surface area contributed by atoms with Crippen LogP contribution in [-0.4, -0.2) is 40.2 Å². The Balaban J connectivity index is 1.74. The molecule has 2 rings (SSSR count). The minimum atomic E-state index is -0.373. The van der Waals surface area contributed by atoms with Gasteiger partial charge in [0.15, 0.2) is 0 Å². The molecule has 0 radical (unpaired) electrons. The van der Waals surface area contributed by atoms with Gasteiger partial charge in [-0.05, 0) is 19.8 Å². The fourth-order valence-corrected chi connectivity index (χ4v) is 1.51. The van der Waals surface area contributed by atoms with Crippen LogP contribution < -0.4 is 5.32 Å². The van der Waals surface area contributed by atoms with Crippen molar-refractivity contribution in [2.75, 3.05) is 13.2 Å². The Morgan fingerprint density at radius 1 is 1.50 bits per heavy atom. The summed E-state index contributed by atoms with van der Waals surface area (Å²) in [7, 11) is 0. The van der Waals surface area contributed by atoms with E-state index in [-0.39, 0.29) is 30.7 Å². The van der Waals surface area contributed by atoms with Crippen molar-refractivity contribution in [1.82, 2.24) is 20.5 Å². The van der Waals surface area contributed by atoms with E-state index < -0.39 is 0 Å². The van der Waals surface area contributed by atoms with Gasteiger partial charge in [-0.1, -0.05) is 0 Å². The third kappa shape index (κ3) is 3.28. The average molecular weight is 252 g/mol. The van der Waals surface area contributed by atoms with Crippen LogP contribution in [0.25, 0.3) is 0 Å². The highest BCUT2D eigenvalue weighted by atomic mass is 16.5. The lowest BCUT2D eigenvalue weighted by Crippen LogP contribution is -2.27. The summed E-state index contributed by atoms with van der Waals surface area (Å²) >= 11 is 0. The third-order valence-electron chi connectivity index (χ3n) is 2.59. The molecule has 1 aliphatic rings. The molecule has 7 heteroatoms. The second kappa shape index (κ2) is 5.61. The van der Waals surface area contributed by atoms with Crippen LogP contribution in [0.5, 0.6) is 0 Å². The molecule has 0 atom stereocenters. The number of aromatic amines is 1. The lowest BCUT2D eigenvalue weighted by atomic mass is 10.4. The molecule has 1 aromatic rings. The Morgan fingerprint density at radius 2 is 2.28 bits per heavy atom. The summed E-state index contributed by atoms with van der Waals surface area (Å²) < 4.78 is 4.75. The van der Waals surface area contributed by atoms with Gasteiger partial charge in [0.05, 0.1) is 13.0 Å². The summed E-state index contributed by atoms with van der Waals surface area (Å²) in [5, 5.41) is 9.18. The molecular weight excluding hydrogens is 236 g/mol. The van der Waals surface area contributed by atoms with Gasteiger partial charge in [-0.25, -0.2) is 4.98 Å². The van der Waals surface area contributed by atoms with E-state index in [9.17, 15) is 9.59 Å². The van der Waals surface area contributed by atoms with E-state index >= 15 is 0 Å². The molecule has 0 saturated heterocycles. The van der Waals surface area contributed by atoms with Crippen molar-refractivity contribution < 1.29 is 14.3 Å². The number of rotatable bonds is 6. The van der Waals surface area contributed by atoms with E-state index in [1.807, 2.05) is 0 Å². The summed E-state index contributed by atoms with van der Waals surface area (Å²) in [6, 6.07) is 0. The maximum absolute atomic E-state index is 11.6. The molecule has 0 unspecified atom stereocenters. The smallest absolute Gasteiger partial charge is 0.307 e. The summed E-state index contributed by atoms with van der Waals surface area (Å²) in [6.07, 6.45) is 2.34. The Bertz CT molecular complexity index is 439. The molecule has 1 amide bonds. The van der Waals surface area contributed by atoms with Crippen molar-refractivity contribution in [2.45, 2.75) is 32.1 Å². The van der Waals surface area contributed by atoms with Crippen LogP contribution in [0, 0.1) is 0 Å². The maximum Gasteiger partial charge on any atom is 0.307 e. The zero-order valence-corrected chi connectivity index (χ0v) is 10.2. The lowest BCUT2D eigenvalue weighted by Gasteiger charge is -2.02. The lowest BCUT2D eigenvalue weighted by molar-refractivity contribution is -0.142. The summed E-state index contributed by atoms with van der Waals surface area (Å²) in [5.41, 5.74) is 0. The van der Waals surface area contributed by atoms with Crippen molar-refractivity contribution >= 4 is 11.9 Å². The highest BCUT2D eigenvalue weighted by Crippen LogP contribution is 2.37. The topological polar surface area (TPSA) is 97.0 Å². The number of amides is 1. The summed E-state index contributed by atoms with van der Waals surface area (Å²) in [6.45, 7) is 2.31. The molecule has 0 bridgehead atoms. The number of aromatic nitrogens is 3. The van der Waals surface area contributed by atoms with E-state index in [0.29, 0.717) is 12.5 Å². The van der Waals surface area contributed by atoms with Gasteiger partial charge in [-0.15, -0.1) is 5.10 Å². The largest absolute Gasteiger partial charge is 0.466 e. The predicted molar refractivity (Wildman–Crippen MR) is 61.9 cm³/mol. The molecule has 7 nitrogen and oxygen atoms in total. The van der Waals surface area contributed by atoms with Gasteiger partial charge < -0.3 is 10.1 Å². The zero-order chi connectivity index (χ0) is 13.0. The highest BCUT2D eigenvalue weighted by Gasteiger charge is 2.28. The zero-order valence-electron chi connectivity index (χ0n) is 10.2. The standard InChI is InChI=1S/C11H16N4O3/c1-2-18-8(16)5-6-12-11(17)10-13-9(14-15-10)7-3-4-7/h7H,2-6H2,1H3,(H,12,17)(H,13,14,15). The van der Waals surface area contributed by atoms with Gasteiger partial charge in [0, 0.05) is 12.5 Å². The number of carbonyl (C=O) groups is 2. The third-order valence-corrected chi connectivity index (χ3v) is 2.59. The molecular formula is C11H16N4O3. The number of nitrogens with one attached hydrogen (secondary N) is 2. The van der Waals surface area contributed by atoms with Crippen LogP contribution in [0.2, 0.25) is 0 Å². The Hall–Kier alpha value is -1.92. The highest BCUT2D eigenvalue weighted by molar-refractivity contribution is 5.90. The molecule has 1 aliphatic carbocycles. The van der Waals surface area contributed by atoms with Gasteiger partial charge in [0.2, 0.25) is 5.82 Å². The van der Waals surface area contributed by atoms with Crippen LogP contribution in [0.15, 0.2) is 0 Å². The molecule has 1 saturated carbocycles. The van der Waals surface area contributed by atoms with Crippen molar-refractivity contribution in [3.8, 4) is 0 Å². The molecule has 0 aromatic carbocycles. The maximum atomic E-state index is 11.6. The molecule has 2 N–H and O–H groups in total. The molecule has 1 aromatic heterocycles.